The smallest absolute Gasteiger partial charge is 0.779 e. The SMILES string of the molecule is C(#Cc1ccccc1)c1ccccc1.Cc1ccccc1[S-].Cc1ccccc1[S-].Cc1ccccc1[S-].Cc1ccccc1[S-].Cc1ccccc1[S-].Cc1ccccc1[S-].[W+2].[W+2]. The summed E-state index contributed by atoms with van der Waals surface area (Å²) in [6, 6.07) is 67.4. The molecule has 0 aliphatic heterocycles. The number of hydrogen-bond acceptors (Lipinski definition) is 6. The summed E-state index contributed by atoms with van der Waals surface area (Å²) in [4.78, 5) is 5.71. The van der Waals surface area contributed by atoms with E-state index in [0.29, 0.717) is 0 Å². The molecular weight excluding hydrogens is 1230 g/mol. The molecule has 0 aliphatic rings. The molecule has 0 heterocycles. The normalized spacial score (nSPS) is 8.78. The van der Waals surface area contributed by atoms with Crippen molar-refractivity contribution in [2.75, 3.05) is 0 Å². The zero-order valence-electron chi connectivity index (χ0n) is 36.9. The second-order valence-electron chi connectivity index (χ2n) is 13.6. The maximum absolute atomic E-state index is 4.95. The predicted octanol–water partition coefficient (Wildman–Crippen LogP) is 14.5. The molecule has 0 spiro atoms. The molecule has 8 heteroatoms. The third-order valence-corrected chi connectivity index (χ3v) is 11.2. The summed E-state index contributed by atoms with van der Waals surface area (Å²) in [5, 5.41) is 0. The average molecular weight is 1290 g/mol. The molecule has 0 saturated carbocycles. The Morgan fingerprint density at radius 1 is 0.219 bits per heavy atom. The Kier molecular flexibility index (Phi) is 34.0. The molecule has 64 heavy (non-hydrogen) atoms. The Morgan fingerprint density at radius 2 is 0.359 bits per heavy atom. The average Bonchev–Trinajstić information content (AvgIpc) is 3.28. The van der Waals surface area contributed by atoms with Gasteiger partial charge < -0.3 is 75.8 Å². The minimum atomic E-state index is 0. The first-order valence-electron chi connectivity index (χ1n) is 19.8. The zero-order chi connectivity index (χ0) is 45.5. The van der Waals surface area contributed by atoms with Gasteiger partial charge in [-0.25, -0.2) is 0 Å². The van der Waals surface area contributed by atoms with E-state index in [-0.39, 0.29) is 42.1 Å². The Bertz CT molecular complexity index is 2010. The molecule has 0 aliphatic carbocycles. The molecule has 0 aromatic heterocycles. The van der Waals surface area contributed by atoms with Gasteiger partial charge in [0.2, 0.25) is 0 Å². The standard InChI is InChI=1S/C14H10.6C7H8S.2W/c1-3-7-13(8-4-1)11-12-14-9-5-2-6-10-14;6*1-6-4-2-3-5-7(6)8;;/h1-10H;6*2-5,8H,1H3;;/q;;;;;;;2*+2/p-6. The fourth-order valence-electron chi connectivity index (χ4n) is 4.53. The molecule has 326 valence electrons. The molecule has 0 bridgehead atoms. The van der Waals surface area contributed by atoms with E-state index < -0.39 is 0 Å². The maximum atomic E-state index is 4.95. The van der Waals surface area contributed by atoms with Crippen molar-refractivity contribution in [3.05, 3.63) is 251 Å². The van der Waals surface area contributed by atoms with E-state index in [1.807, 2.05) is 248 Å². The summed E-state index contributed by atoms with van der Waals surface area (Å²) in [6.45, 7) is 12.1. The predicted molar refractivity (Wildman–Crippen MR) is 280 cm³/mol. The first-order valence-corrected chi connectivity index (χ1v) is 22.2. The Balaban J connectivity index is 0.000000729. The van der Waals surface area contributed by atoms with Gasteiger partial charge in [0, 0.05) is 11.1 Å². The molecule has 0 nitrogen and oxygen atoms in total. The molecule has 0 fully saturated rings. The van der Waals surface area contributed by atoms with Gasteiger partial charge >= 0.3 is 42.1 Å². The van der Waals surface area contributed by atoms with Crippen LogP contribution in [0.25, 0.3) is 0 Å². The molecule has 0 N–H and O–H groups in total. The van der Waals surface area contributed by atoms with Crippen LogP contribution in [0.15, 0.2) is 236 Å². The number of hydrogen-bond donors (Lipinski definition) is 0. The van der Waals surface area contributed by atoms with Crippen molar-refractivity contribution >= 4 is 75.8 Å². The first-order chi connectivity index (χ1) is 29.8. The minimum absolute atomic E-state index is 0. The number of benzene rings is 8. The van der Waals surface area contributed by atoms with E-state index in [1.54, 1.807) is 0 Å². The maximum Gasteiger partial charge on any atom is 2.00 e. The van der Waals surface area contributed by atoms with Gasteiger partial charge in [0.1, 0.15) is 0 Å². The Labute approximate surface area is 446 Å². The van der Waals surface area contributed by atoms with Crippen LogP contribution in [0, 0.1) is 53.4 Å². The summed E-state index contributed by atoms with van der Waals surface area (Å²) in [5.74, 6) is 6.22. The van der Waals surface area contributed by atoms with Crippen molar-refractivity contribution in [2.24, 2.45) is 0 Å². The summed E-state index contributed by atoms with van der Waals surface area (Å²) in [6.07, 6.45) is 0. The third kappa shape index (κ3) is 27.4. The van der Waals surface area contributed by atoms with Crippen LogP contribution in [0.5, 0.6) is 0 Å². The molecule has 8 rings (SSSR count). The van der Waals surface area contributed by atoms with E-state index in [0.717, 1.165) is 40.5 Å². The van der Waals surface area contributed by atoms with Crippen LogP contribution < -0.4 is 0 Å². The number of aryl methyl sites for hydroxylation is 6. The molecular formula is C56H52S6W2-2. The van der Waals surface area contributed by atoms with Gasteiger partial charge in [0.15, 0.2) is 0 Å². The van der Waals surface area contributed by atoms with Gasteiger partial charge in [-0.05, 0) is 65.8 Å². The van der Waals surface area contributed by atoms with Crippen LogP contribution in [0.3, 0.4) is 0 Å². The fraction of sp³-hybridized carbons (Fsp3) is 0.107. The van der Waals surface area contributed by atoms with Crippen LogP contribution in [-0.4, -0.2) is 0 Å². The van der Waals surface area contributed by atoms with Gasteiger partial charge in [-0.1, -0.05) is 227 Å². The van der Waals surface area contributed by atoms with Crippen molar-refractivity contribution in [2.45, 2.75) is 70.9 Å². The van der Waals surface area contributed by atoms with Gasteiger partial charge in [-0.3, -0.25) is 0 Å². The second kappa shape index (κ2) is 36.3. The fourth-order valence-corrected chi connectivity index (χ4v) is 5.41. The summed E-state index contributed by atoms with van der Waals surface area (Å²) in [7, 11) is 0. The van der Waals surface area contributed by atoms with E-state index >= 15 is 0 Å². The summed E-state index contributed by atoms with van der Waals surface area (Å²) >= 11 is 29.7. The summed E-state index contributed by atoms with van der Waals surface area (Å²) < 4.78 is 0. The molecule has 8 aromatic carbocycles. The van der Waals surface area contributed by atoms with E-state index in [9.17, 15) is 0 Å². The van der Waals surface area contributed by atoms with Crippen LogP contribution in [-0.2, 0) is 118 Å². The summed E-state index contributed by atoms with van der Waals surface area (Å²) in [5.41, 5.74) is 9.20. The van der Waals surface area contributed by atoms with E-state index in [2.05, 4.69) is 11.8 Å². The van der Waals surface area contributed by atoms with Crippen LogP contribution in [0.2, 0.25) is 0 Å². The van der Waals surface area contributed by atoms with Crippen LogP contribution >= 0.6 is 0 Å². The van der Waals surface area contributed by atoms with Gasteiger partial charge in [0.05, 0.1) is 0 Å². The molecule has 0 atom stereocenters. The van der Waals surface area contributed by atoms with Crippen LogP contribution in [0.4, 0.5) is 0 Å². The molecule has 0 amide bonds. The van der Waals surface area contributed by atoms with Gasteiger partial charge in [-0.2, -0.15) is 29.4 Å². The van der Waals surface area contributed by atoms with Crippen molar-refractivity contribution < 1.29 is 42.1 Å². The van der Waals surface area contributed by atoms with Crippen molar-refractivity contribution in [3.8, 4) is 11.8 Å². The van der Waals surface area contributed by atoms with Crippen molar-refractivity contribution in [3.63, 3.8) is 0 Å². The largest absolute Gasteiger partial charge is 2.00 e. The first kappa shape index (κ1) is 60.0. The molecule has 0 radical (unpaired) electrons. The quantitative estimate of drug-likeness (QED) is 0.109. The van der Waals surface area contributed by atoms with Crippen LogP contribution in [0.1, 0.15) is 44.5 Å². The molecule has 0 unspecified atom stereocenters. The Morgan fingerprint density at radius 3 is 0.484 bits per heavy atom. The topological polar surface area (TPSA) is 0 Å². The van der Waals surface area contributed by atoms with E-state index in [4.69, 9.17) is 75.8 Å². The molecule has 0 saturated heterocycles. The number of rotatable bonds is 0. The Hall–Kier alpha value is -3.98. The minimum Gasteiger partial charge on any atom is -0.779 e. The zero-order valence-corrected chi connectivity index (χ0v) is 47.7. The van der Waals surface area contributed by atoms with Crippen molar-refractivity contribution in [1.29, 1.82) is 0 Å². The van der Waals surface area contributed by atoms with Crippen molar-refractivity contribution in [1.82, 2.24) is 0 Å². The van der Waals surface area contributed by atoms with E-state index in [1.165, 1.54) is 33.4 Å². The monoisotopic (exact) mass is 1280 g/mol. The molecule has 8 aromatic rings. The van der Waals surface area contributed by atoms with Gasteiger partial charge in [-0.15, -0.1) is 0 Å². The third-order valence-electron chi connectivity index (χ3n) is 8.46. The van der Waals surface area contributed by atoms with Gasteiger partial charge in [0.25, 0.3) is 0 Å². The second-order valence-corrected chi connectivity index (χ2v) is 16.2.